The molecule has 144 valence electrons. The second-order valence-corrected chi connectivity index (χ2v) is 6.20. The summed E-state index contributed by atoms with van der Waals surface area (Å²) in [5.74, 6) is -0.863. The average molecular weight is 408 g/mol. The zero-order chi connectivity index (χ0) is 20.3. The first-order valence-electron chi connectivity index (χ1n) is 8.05. The van der Waals surface area contributed by atoms with Gasteiger partial charge < -0.3 is 5.32 Å². The Morgan fingerprint density at radius 1 is 1.04 bits per heavy atom. The Labute approximate surface area is 162 Å². The Morgan fingerprint density at radius 3 is 2.43 bits per heavy atom. The Balaban J connectivity index is 1.86. The van der Waals surface area contributed by atoms with Gasteiger partial charge in [0.15, 0.2) is 0 Å². The van der Waals surface area contributed by atoms with Crippen LogP contribution in [0.15, 0.2) is 65.5 Å². The van der Waals surface area contributed by atoms with Gasteiger partial charge in [-0.1, -0.05) is 48.0 Å². The van der Waals surface area contributed by atoms with Gasteiger partial charge in [-0.15, -0.1) is 0 Å². The minimum atomic E-state index is -4.70. The fourth-order valence-corrected chi connectivity index (χ4v) is 2.75. The Bertz CT molecular complexity index is 1070. The van der Waals surface area contributed by atoms with Gasteiger partial charge in [-0.05, 0) is 18.2 Å². The van der Waals surface area contributed by atoms with Crippen molar-refractivity contribution in [1.82, 2.24) is 9.78 Å². The number of benzene rings is 2. The Kier molecular flexibility index (Phi) is 5.51. The van der Waals surface area contributed by atoms with Crippen molar-refractivity contribution in [2.45, 2.75) is 12.7 Å². The zero-order valence-electron chi connectivity index (χ0n) is 14.2. The van der Waals surface area contributed by atoms with Gasteiger partial charge in [0, 0.05) is 11.6 Å². The van der Waals surface area contributed by atoms with Crippen LogP contribution in [0.2, 0.25) is 5.02 Å². The van der Waals surface area contributed by atoms with Crippen LogP contribution >= 0.6 is 11.6 Å². The van der Waals surface area contributed by atoms with Crippen LogP contribution in [0.5, 0.6) is 0 Å². The van der Waals surface area contributed by atoms with E-state index in [9.17, 15) is 22.8 Å². The molecule has 0 saturated carbocycles. The fraction of sp³-hybridized carbons (Fsp3) is 0.105. The van der Waals surface area contributed by atoms with Crippen molar-refractivity contribution in [2.24, 2.45) is 0 Å². The molecule has 1 N–H and O–H groups in total. The number of hydrogen-bond donors (Lipinski definition) is 1. The molecule has 0 atom stereocenters. The first-order valence-corrected chi connectivity index (χ1v) is 8.42. The number of nitrogens with zero attached hydrogens (tertiary/aromatic N) is 2. The molecule has 0 spiro atoms. The van der Waals surface area contributed by atoms with E-state index in [1.54, 1.807) is 24.3 Å². The molecule has 9 heteroatoms. The van der Waals surface area contributed by atoms with E-state index >= 15 is 0 Å². The molecule has 3 aromatic rings. The highest BCUT2D eigenvalue weighted by Gasteiger charge is 2.34. The third kappa shape index (κ3) is 4.40. The first-order chi connectivity index (χ1) is 13.3. The van der Waals surface area contributed by atoms with Crippen LogP contribution in [0.25, 0.3) is 11.3 Å². The van der Waals surface area contributed by atoms with E-state index in [0.29, 0.717) is 5.69 Å². The number of carbonyl (C=O) groups excluding carboxylic acids is 1. The molecule has 0 saturated heterocycles. The van der Waals surface area contributed by atoms with E-state index < -0.39 is 35.4 Å². The number of halogens is 4. The average Bonchev–Trinajstić information content (AvgIpc) is 2.65. The number of carbonyl (C=O) groups is 1. The molecule has 0 radical (unpaired) electrons. The fourth-order valence-electron chi connectivity index (χ4n) is 2.53. The molecule has 2 aromatic carbocycles. The summed E-state index contributed by atoms with van der Waals surface area (Å²) in [5.41, 5.74) is -1.03. The van der Waals surface area contributed by atoms with Crippen molar-refractivity contribution in [2.75, 3.05) is 5.32 Å². The molecule has 0 unspecified atom stereocenters. The van der Waals surface area contributed by atoms with Crippen molar-refractivity contribution in [3.63, 3.8) is 0 Å². The van der Waals surface area contributed by atoms with Crippen molar-refractivity contribution < 1.29 is 18.0 Å². The second kappa shape index (κ2) is 7.85. The number of nitrogens with one attached hydrogen (secondary N) is 1. The van der Waals surface area contributed by atoms with Gasteiger partial charge >= 0.3 is 6.18 Å². The molecule has 5 nitrogen and oxygen atoms in total. The van der Waals surface area contributed by atoms with Crippen LogP contribution in [0.4, 0.5) is 18.9 Å². The molecule has 1 aromatic heterocycles. The Morgan fingerprint density at radius 2 is 1.75 bits per heavy atom. The largest absolute Gasteiger partial charge is 0.418 e. The van der Waals surface area contributed by atoms with Gasteiger partial charge in [-0.25, -0.2) is 4.68 Å². The number of hydrogen-bond acceptors (Lipinski definition) is 3. The maximum absolute atomic E-state index is 13.1. The molecule has 1 heterocycles. The van der Waals surface area contributed by atoms with Crippen molar-refractivity contribution >= 4 is 23.2 Å². The SMILES string of the molecule is O=C(Cn1nc(-c2ccccc2)ccc1=O)Nc1c(Cl)cccc1C(F)(F)F. The predicted molar refractivity (Wildman–Crippen MR) is 99.0 cm³/mol. The van der Waals surface area contributed by atoms with E-state index in [0.717, 1.165) is 22.4 Å². The van der Waals surface area contributed by atoms with E-state index in [2.05, 4.69) is 10.4 Å². The summed E-state index contributed by atoms with van der Waals surface area (Å²) in [4.78, 5) is 24.3. The van der Waals surface area contributed by atoms with Crippen molar-refractivity contribution in [3.05, 3.63) is 81.6 Å². The molecule has 3 rings (SSSR count). The van der Waals surface area contributed by atoms with Gasteiger partial charge in [-0.2, -0.15) is 18.3 Å². The summed E-state index contributed by atoms with van der Waals surface area (Å²) in [5, 5.41) is 5.97. The summed E-state index contributed by atoms with van der Waals surface area (Å²) in [7, 11) is 0. The lowest BCUT2D eigenvalue weighted by Gasteiger charge is -2.15. The monoisotopic (exact) mass is 407 g/mol. The number of aromatic nitrogens is 2. The lowest BCUT2D eigenvalue weighted by Crippen LogP contribution is -2.30. The van der Waals surface area contributed by atoms with E-state index in [1.807, 2.05) is 6.07 Å². The second-order valence-electron chi connectivity index (χ2n) is 5.79. The molecular weight excluding hydrogens is 395 g/mol. The molecule has 0 bridgehead atoms. The van der Waals surface area contributed by atoms with Crippen molar-refractivity contribution in [3.8, 4) is 11.3 Å². The molecule has 0 fully saturated rings. The normalized spacial score (nSPS) is 11.3. The van der Waals surface area contributed by atoms with Crippen LogP contribution in [0.1, 0.15) is 5.56 Å². The number of alkyl halides is 3. The summed E-state index contributed by atoms with van der Waals surface area (Å²) < 4.78 is 40.3. The topological polar surface area (TPSA) is 64.0 Å². The third-order valence-electron chi connectivity index (χ3n) is 3.81. The maximum atomic E-state index is 13.1. The maximum Gasteiger partial charge on any atom is 0.418 e. The highest BCUT2D eigenvalue weighted by molar-refractivity contribution is 6.34. The minimum Gasteiger partial charge on any atom is -0.323 e. The standard InChI is InChI=1S/C19H13ClF3N3O2/c20-14-8-4-7-13(19(21,22)23)18(14)24-16(27)11-26-17(28)10-9-15(25-26)12-5-2-1-3-6-12/h1-10H,11H2,(H,24,27). The smallest absolute Gasteiger partial charge is 0.323 e. The molecule has 0 aliphatic heterocycles. The van der Waals surface area contributed by atoms with Crippen molar-refractivity contribution in [1.29, 1.82) is 0 Å². The molecular formula is C19H13ClF3N3O2. The Hall–Kier alpha value is -3.13. The van der Waals surface area contributed by atoms with E-state index in [-0.39, 0.29) is 5.02 Å². The number of anilines is 1. The van der Waals surface area contributed by atoms with Crippen LogP contribution in [-0.2, 0) is 17.5 Å². The quantitative estimate of drug-likeness (QED) is 0.704. The number of para-hydroxylation sites is 1. The lowest BCUT2D eigenvalue weighted by molar-refractivity contribution is -0.137. The van der Waals surface area contributed by atoms with Crippen LogP contribution < -0.4 is 10.9 Å². The molecule has 0 aliphatic rings. The molecule has 28 heavy (non-hydrogen) atoms. The third-order valence-corrected chi connectivity index (χ3v) is 4.13. The highest BCUT2D eigenvalue weighted by Crippen LogP contribution is 2.38. The van der Waals surface area contributed by atoms with E-state index in [1.165, 1.54) is 18.2 Å². The van der Waals surface area contributed by atoms with Gasteiger partial charge in [0.05, 0.1) is 22.0 Å². The minimum absolute atomic E-state index is 0.262. The van der Waals surface area contributed by atoms with Gasteiger partial charge in [-0.3, -0.25) is 9.59 Å². The summed E-state index contributed by atoms with van der Waals surface area (Å²) >= 11 is 5.82. The first kappa shape index (κ1) is 19.6. The number of rotatable bonds is 4. The zero-order valence-corrected chi connectivity index (χ0v) is 15.0. The summed E-state index contributed by atoms with van der Waals surface area (Å²) in [6.45, 7) is -0.567. The lowest BCUT2D eigenvalue weighted by atomic mass is 10.1. The summed E-state index contributed by atoms with van der Waals surface area (Å²) in [6, 6.07) is 14.8. The van der Waals surface area contributed by atoms with Gasteiger partial charge in [0.2, 0.25) is 5.91 Å². The molecule has 1 amide bonds. The van der Waals surface area contributed by atoms with Crippen LogP contribution in [0, 0.1) is 0 Å². The number of amides is 1. The van der Waals surface area contributed by atoms with Gasteiger partial charge in [0.1, 0.15) is 6.54 Å². The van der Waals surface area contributed by atoms with Crippen LogP contribution in [-0.4, -0.2) is 15.7 Å². The molecule has 0 aliphatic carbocycles. The highest BCUT2D eigenvalue weighted by atomic mass is 35.5. The summed E-state index contributed by atoms with van der Waals surface area (Å²) in [6.07, 6.45) is -4.70. The predicted octanol–water partition coefficient (Wildman–Crippen LogP) is 4.22. The van der Waals surface area contributed by atoms with Crippen LogP contribution in [0.3, 0.4) is 0 Å². The van der Waals surface area contributed by atoms with Gasteiger partial charge in [0.25, 0.3) is 5.56 Å². The van der Waals surface area contributed by atoms with E-state index in [4.69, 9.17) is 11.6 Å².